The second-order valence-electron chi connectivity index (χ2n) is 3.37. The number of benzene rings is 1. The fraction of sp³-hybridized carbons (Fsp3) is 0.273. The van der Waals surface area contributed by atoms with E-state index in [0.29, 0.717) is 18.8 Å². The summed E-state index contributed by atoms with van der Waals surface area (Å²) >= 11 is 3.22. The molecule has 0 amide bonds. The third kappa shape index (κ3) is 4.14. The molecule has 1 aromatic rings. The van der Waals surface area contributed by atoms with Gasteiger partial charge in [-0.15, -0.1) is 0 Å². The number of rotatable bonds is 6. The highest BCUT2D eigenvalue weighted by molar-refractivity contribution is 9.11. The molecule has 0 bridgehead atoms. The average Bonchev–Trinajstić information content (AvgIpc) is 2.26. The molecular formula is C11H15BrN2O2S. The van der Waals surface area contributed by atoms with Crippen LogP contribution >= 0.6 is 15.9 Å². The third-order valence-corrected chi connectivity index (χ3v) is 3.87. The lowest BCUT2D eigenvalue weighted by molar-refractivity contribution is 0.584. The molecule has 0 unspecified atom stereocenters. The van der Waals surface area contributed by atoms with E-state index >= 15 is 0 Å². The minimum Gasteiger partial charge on any atom is -0.379 e. The van der Waals surface area contributed by atoms with Gasteiger partial charge in [0.1, 0.15) is 4.90 Å². The largest absolute Gasteiger partial charge is 0.379 e. The smallest absolute Gasteiger partial charge is 0.242 e. The Kier molecular flexibility index (Phi) is 5.17. The van der Waals surface area contributed by atoms with Gasteiger partial charge in [-0.05, 0) is 12.1 Å². The van der Waals surface area contributed by atoms with Crippen LogP contribution in [0.5, 0.6) is 0 Å². The molecule has 2 N–H and O–H groups in total. The average molecular weight is 319 g/mol. The minimum absolute atomic E-state index is 0.246. The molecular weight excluding hydrogens is 304 g/mol. The summed E-state index contributed by atoms with van der Waals surface area (Å²) in [6.07, 6.45) is 0. The van der Waals surface area contributed by atoms with Crippen molar-refractivity contribution in [1.29, 1.82) is 0 Å². The van der Waals surface area contributed by atoms with Crippen LogP contribution in [0.4, 0.5) is 5.69 Å². The first kappa shape index (κ1) is 14.2. The predicted octanol–water partition coefficient (Wildman–Crippen LogP) is 2.31. The Bertz CT molecular complexity index is 500. The van der Waals surface area contributed by atoms with Crippen LogP contribution in [0.15, 0.2) is 40.2 Å². The molecule has 1 aromatic carbocycles. The van der Waals surface area contributed by atoms with Crippen molar-refractivity contribution >= 4 is 31.6 Å². The van der Waals surface area contributed by atoms with Gasteiger partial charge in [-0.2, -0.15) is 0 Å². The minimum atomic E-state index is -3.45. The molecule has 0 aromatic heterocycles. The Labute approximate surface area is 110 Å². The second kappa shape index (κ2) is 6.18. The Morgan fingerprint density at radius 3 is 2.65 bits per heavy atom. The number of halogens is 1. The number of hydrogen-bond donors (Lipinski definition) is 2. The van der Waals surface area contributed by atoms with Crippen molar-refractivity contribution in [2.75, 3.05) is 18.4 Å². The molecule has 0 aliphatic carbocycles. The van der Waals surface area contributed by atoms with Gasteiger partial charge in [0.05, 0.1) is 5.69 Å². The first-order chi connectivity index (χ1) is 7.97. The SMILES string of the molecule is C=C(Br)CNc1ccccc1S(=O)(=O)NCC. The van der Waals surface area contributed by atoms with Gasteiger partial charge in [0.25, 0.3) is 0 Å². The number of nitrogens with one attached hydrogen (secondary N) is 2. The molecule has 0 heterocycles. The molecule has 0 saturated heterocycles. The molecule has 94 valence electrons. The lowest BCUT2D eigenvalue weighted by Crippen LogP contribution is -2.24. The zero-order valence-corrected chi connectivity index (χ0v) is 11.9. The fourth-order valence-electron chi connectivity index (χ4n) is 1.31. The maximum atomic E-state index is 11.9. The molecule has 0 fully saturated rings. The molecule has 0 radical (unpaired) electrons. The molecule has 0 atom stereocenters. The number of anilines is 1. The van der Waals surface area contributed by atoms with Crippen molar-refractivity contribution in [3.05, 3.63) is 35.3 Å². The van der Waals surface area contributed by atoms with E-state index in [1.165, 1.54) is 0 Å². The van der Waals surface area contributed by atoms with Crippen molar-refractivity contribution in [3.8, 4) is 0 Å². The molecule has 4 nitrogen and oxygen atoms in total. The summed E-state index contributed by atoms with van der Waals surface area (Å²) in [6.45, 7) is 6.27. The summed E-state index contributed by atoms with van der Waals surface area (Å²) in [5.41, 5.74) is 0.564. The molecule has 1 rings (SSSR count). The molecule has 6 heteroatoms. The van der Waals surface area contributed by atoms with Crippen LogP contribution < -0.4 is 10.0 Å². The van der Waals surface area contributed by atoms with Crippen molar-refractivity contribution < 1.29 is 8.42 Å². The summed E-state index contributed by atoms with van der Waals surface area (Å²) in [5, 5.41) is 3.01. The molecule has 0 aliphatic rings. The van der Waals surface area contributed by atoms with Crippen LogP contribution in [-0.2, 0) is 10.0 Å². The Morgan fingerprint density at radius 1 is 1.41 bits per heavy atom. The van der Waals surface area contributed by atoms with E-state index in [1.54, 1.807) is 31.2 Å². The van der Waals surface area contributed by atoms with E-state index in [4.69, 9.17) is 0 Å². The quantitative estimate of drug-likeness (QED) is 0.846. The molecule has 17 heavy (non-hydrogen) atoms. The third-order valence-electron chi connectivity index (χ3n) is 1.98. The fourth-order valence-corrected chi connectivity index (χ4v) is 2.67. The zero-order chi connectivity index (χ0) is 12.9. The van der Waals surface area contributed by atoms with Crippen LogP contribution in [0.2, 0.25) is 0 Å². The van der Waals surface area contributed by atoms with E-state index in [-0.39, 0.29) is 4.90 Å². The monoisotopic (exact) mass is 318 g/mol. The Balaban J connectivity index is 3.03. The van der Waals surface area contributed by atoms with Gasteiger partial charge < -0.3 is 5.32 Å². The summed E-state index contributed by atoms with van der Waals surface area (Å²) < 4.78 is 27.0. The van der Waals surface area contributed by atoms with E-state index in [0.717, 1.165) is 4.48 Å². The van der Waals surface area contributed by atoms with Crippen molar-refractivity contribution in [1.82, 2.24) is 4.72 Å². The van der Waals surface area contributed by atoms with Gasteiger partial charge in [-0.25, -0.2) is 13.1 Å². The van der Waals surface area contributed by atoms with Crippen molar-refractivity contribution in [2.24, 2.45) is 0 Å². The number of sulfonamides is 1. The van der Waals surface area contributed by atoms with Crippen LogP contribution in [0.1, 0.15) is 6.92 Å². The predicted molar refractivity (Wildman–Crippen MR) is 73.9 cm³/mol. The Morgan fingerprint density at radius 2 is 2.06 bits per heavy atom. The second-order valence-corrected chi connectivity index (χ2v) is 6.23. The number of para-hydroxylation sites is 1. The van der Waals surface area contributed by atoms with E-state index in [9.17, 15) is 8.42 Å². The van der Waals surface area contributed by atoms with E-state index in [1.807, 2.05) is 0 Å². The highest BCUT2D eigenvalue weighted by atomic mass is 79.9. The summed E-state index contributed by atoms with van der Waals surface area (Å²) in [4.78, 5) is 0.246. The summed E-state index contributed by atoms with van der Waals surface area (Å²) in [5.74, 6) is 0. The van der Waals surface area contributed by atoms with Gasteiger partial charge >= 0.3 is 0 Å². The highest BCUT2D eigenvalue weighted by Crippen LogP contribution is 2.21. The number of hydrogen-bond acceptors (Lipinski definition) is 3. The summed E-state index contributed by atoms with van der Waals surface area (Å²) in [7, 11) is -3.45. The maximum Gasteiger partial charge on any atom is 0.242 e. The van der Waals surface area contributed by atoms with Gasteiger partial charge in [-0.3, -0.25) is 0 Å². The Hall–Kier alpha value is -0.850. The first-order valence-electron chi connectivity index (χ1n) is 5.13. The zero-order valence-electron chi connectivity index (χ0n) is 9.53. The molecule has 0 spiro atoms. The van der Waals surface area contributed by atoms with Crippen molar-refractivity contribution in [2.45, 2.75) is 11.8 Å². The summed E-state index contributed by atoms with van der Waals surface area (Å²) in [6, 6.07) is 6.76. The standard InChI is InChI=1S/C11H15BrN2O2S/c1-3-14-17(15,16)11-7-5-4-6-10(11)13-8-9(2)12/h4-7,13-14H,2-3,8H2,1H3. The van der Waals surface area contributed by atoms with Gasteiger partial charge in [0.2, 0.25) is 10.0 Å². The topological polar surface area (TPSA) is 58.2 Å². The van der Waals surface area contributed by atoms with E-state index in [2.05, 4.69) is 32.5 Å². The van der Waals surface area contributed by atoms with E-state index < -0.39 is 10.0 Å². The van der Waals surface area contributed by atoms with Crippen molar-refractivity contribution in [3.63, 3.8) is 0 Å². The lowest BCUT2D eigenvalue weighted by atomic mass is 10.3. The highest BCUT2D eigenvalue weighted by Gasteiger charge is 2.16. The van der Waals surface area contributed by atoms with Crippen LogP contribution in [-0.4, -0.2) is 21.5 Å². The first-order valence-corrected chi connectivity index (χ1v) is 7.41. The normalized spacial score (nSPS) is 11.2. The van der Waals surface area contributed by atoms with Gasteiger partial charge in [-0.1, -0.05) is 41.6 Å². The molecule has 0 saturated carbocycles. The van der Waals surface area contributed by atoms with Crippen LogP contribution in [0.25, 0.3) is 0 Å². The van der Waals surface area contributed by atoms with Gasteiger partial charge in [0, 0.05) is 17.6 Å². The lowest BCUT2D eigenvalue weighted by Gasteiger charge is -2.12. The van der Waals surface area contributed by atoms with Gasteiger partial charge in [0.15, 0.2) is 0 Å². The van der Waals surface area contributed by atoms with Crippen LogP contribution in [0, 0.1) is 0 Å². The molecule has 0 aliphatic heterocycles. The maximum absolute atomic E-state index is 11.9. The van der Waals surface area contributed by atoms with Crippen LogP contribution in [0.3, 0.4) is 0 Å².